The Morgan fingerprint density at radius 1 is 1.00 bits per heavy atom. The number of anilines is 2. The van der Waals surface area contributed by atoms with Gasteiger partial charge in [-0.3, -0.25) is 23.6 Å². The number of aromatic nitrogens is 6. The predicted molar refractivity (Wildman–Crippen MR) is 99.9 cm³/mol. The fourth-order valence-corrected chi connectivity index (χ4v) is 2.79. The number of nitrogens with zero attached hydrogens (tertiary/aromatic N) is 6. The molecule has 0 aliphatic heterocycles. The van der Waals surface area contributed by atoms with Crippen LogP contribution in [0.1, 0.15) is 40.4 Å². The SMILES string of the molecule is Cc1c(NC(=O)c2c(NC(=O)Cn3nc(C(F)F)cc3C(F)F)cnn2C)cnn1C. The summed E-state index contributed by atoms with van der Waals surface area (Å²) in [5, 5.41) is 16.3. The van der Waals surface area contributed by atoms with Crippen molar-refractivity contribution in [2.45, 2.75) is 26.3 Å². The Bertz CT molecular complexity index is 1120. The van der Waals surface area contributed by atoms with E-state index in [-0.39, 0.29) is 11.4 Å². The highest BCUT2D eigenvalue weighted by molar-refractivity contribution is 6.09. The standard InChI is InChI=1S/C17H18F4N8O2/c1-8-10(5-22-27(8)2)25-17(31)14-11(6-23-28(14)3)24-13(30)7-29-12(16(20)21)4-9(26-29)15(18)19/h4-6,15-16H,7H2,1-3H3,(H,24,30)(H,25,31). The Balaban J connectivity index is 1.77. The Morgan fingerprint density at radius 2 is 1.65 bits per heavy atom. The number of aryl methyl sites for hydroxylation is 2. The van der Waals surface area contributed by atoms with Crippen LogP contribution in [0.2, 0.25) is 0 Å². The van der Waals surface area contributed by atoms with Gasteiger partial charge < -0.3 is 10.6 Å². The minimum absolute atomic E-state index is 0.00591. The number of halogens is 4. The first kappa shape index (κ1) is 22.0. The van der Waals surface area contributed by atoms with Crippen LogP contribution in [0.4, 0.5) is 28.9 Å². The van der Waals surface area contributed by atoms with E-state index in [4.69, 9.17) is 0 Å². The monoisotopic (exact) mass is 442 g/mol. The van der Waals surface area contributed by atoms with Crippen molar-refractivity contribution < 1.29 is 27.2 Å². The van der Waals surface area contributed by atoms with Gasteiger partial charge in [-0.2, -0.15) is 15.3 Å². The fourth-order valence-electron chi connectivity index (χ4n) is 2.79. The molecular formula is C17H18F4N8O2. The van der Waals surface area contributed by atoms with Gasteiger partial charge in [0.05, 0.1) is 29.5 Å². The third-order valence-electron chi connectivity index (χ3n) is 4.48. The summed E-state index contributed by atoms with van der Waals surface area (Å²) in [7, 11) is 3.17. The molecular weight excluding hydrogens is 424 g/mol. The number of carbonyl (C=O) groups excluding carboxylic acids is 2. The van der Waals surface area contributed by atoms with Crippen molar-refractivity contribution in [3.05, 3.63) is 41.2 Å². The largest absolute Gasteiger partial charge is 0.321 e. The number of rotatable bonds is 7. The molecule has 0 unspecified atom stereocenters. The molecule has 10 nitrogen and oxygen atoms in total. The Hall–Kier alpha value is -3.71. The number of hydrogen-bond acceptors (Lipinski definition) is 5. The van der Waals surface area contributed by atoms with Gasteiger partial charge in [0, 0.05) is 14.1 Å². The molecule has 0 saturated heterocycles. The third kappa shape index (κ3) is 4.57. The molecule has 0 aromatic carbocycles. The molecule has 2 amide bonds. The third-order valence-corrected chi connectivity index (χ3v) is 4.48. The van der Waals surface area contributed by atoms with Crippen LogP contribution < -0.4 is 10.6 Å². The van der Waals surface area contributed by atoms with Gasteiger partial charge in [-0.1, -0.05) is 0 Å². The fraction of sp³-hybridized carbons (Fsp3) is 0.353. The van der Waals surface area contributed by atoms with Gasteiger partial charge in [0.25, 0.3) is 18.8 Å². The van der Waals surface area contributed by atoms with Crippen LogP contribution in [0.5, 0.6) is 0 Å². The minimum atomic E-state index is -3.10. The summed E-state index contributed by atoms with van der Waals surface area (Å²) >= 11 is 0. The highest BCUT2D eigenvalue weighted by atomic mass is 19.3. The summed E-state index contributed by atoms with van der Waals surface area (Å²) in [5.41, 5.74) is -0.554. The molecule has 0 atom stereocenters. The molecule has 3 rings (SSSR count). The average Bonchev–Trinajstić information content (AvgIpc) is 3.35. The van der Waals surface area contributed by atoms with Gasteiger partial charge in [-0.05, 0) is 13.0 Å². The van der Waals surface area contributed by atoms with E-state index < -0.39 is 42.6 Å². The Morgan fingerprint density at radius 3 is 2.23 bits per heavy atom. The van der Waals surface area contributed by atoms with Crippen LogP contribution in [0.15, 0.2) is 18.5 Å². The molecule has 0 fully saturated rings. The Kier molecular flexibility index (Phi) is 6.08. The van der Waals surface area contributed by atoms with Crippen LogP contribution in [0.3, 0.4) is 0 Å². The lowest BCUT2D eigenvalue weighted by atomic mass is 10.3. The van der Waals surface area contributed by atoms with Crippen molar-refractivity contribution in [2.75, 3.05) is 10.6 Å². The maximum atomic E-state index is 13.1. The summed E-state index contributed by atoms with van der Waals surface area (Å²) in [6, 6.07) is 0.543. The van der Waals surface area contributed by atoms with E-state index >= 15 is 0 Å². The molecule has 3 aromatic rings. The topological polar surface area (TPSA) is 112 Å². The summed E-state index contributed by atoms with van der Waals surface area (Å²) in [5.74, 6) is -1.45. The lowest BCUT2D eigenvalue weighted by Gasteiger charge is -2.10. The lowest BCUT2D eigenvalue weighted by molar-refractivity contribution is -0.117. The molecule has 0 spiro atoms. The van der Waals surface area contributed by atoms with E-state index in [1.54, 1.807) is 18.7 Å². The molecule has 2 N–H and O–H groups in total. The molecule has 0 aliphatic carbocycles. The van der Waals surface area contributed by atoms with Crippen LogP contribution in [-0.4, -0.2) is 41.2 Å². The van der Waals surface area contributed by atoms with Crippen molar-refractivity contribution >= 4 is 23.2 Å². The molecule has 14 heteroatoms. The van der Waals surface area contributed by atoms with E-state index in [2.05, 4.69) is 25.9 Å². The van der Waals surface area contributed by atoms with Crippen LogP contribution >= 0.6 is 0 Å². The van der Waals surface area contributed by atoms with Crippen LogP contribution in [-0.2, 0) is 25.4 Å². The highest BCUT2D eigenvalue weighted by Gasteiger charge is 2.24. The normalized spacial score (nSPS) is 11.4. The van der Waals surface area contributed by atoms with Crippen molar-refractivity contribution in [3.8, 4) is 0 Å². The molecule has 166 valence electrons. The maximum Gasteiger partial charge on any atom is 0.282 e. The first-order valence-corrected chi connectivity index (χ1v) is 8.84. The van der Waals surface area contributed by atoms with Crippen LogP contribution in [0, 0.1) is 6.92 Å². The minimum Gasteiger partial charge on any atom is -0.321 e. The number of hydrogen-bond donors (Lipinski definition) is 2. The first-order valence-electron chi connectivity index (χ1n) is 8.84. The molecule has 0 saturated carbocycles. The van der Waals surface area contributed by atoms with E-state index in [9.17, 15) is 27.2 Å². The first-order chi connectivity index (χ1) is 14.6. The van der Waals surface area contributed by atoms with Gasteiger partial charge in [0.1, 0.15) is 23.6 Å². The van der Waals surface area contributed by atoms with Crippen molar-refractivity contribution in [1.29, 1.82) is 0 Å². The summed E-state index contributed by atoms with van der Waals surface area (Å²) < 4.78 is 55.0. The second-order valence-corrected chi connectivity index (χ2v) is 6.55. The van der Waals surface area contributed by atoms with Gasteiger partial charge in [0.15, 0.2) is 0 Å². The second-order valence-electron chi connectivity index (χ2n) is 6.55. The molecule has 3 heterocycles. The summed E-state index contributed by atoms with van der Waals surface area (Å²) in [6.45, 7) is 0.983. The Labute approximate surface area is 172 Å². The zero-order chi connectivity index (χ0) is 22.9. The van der Waals surface area contributed by atoms with Gasteiger partial charge in [-0.25, -0.2) is 17.6 Å². The summed E-state index contributed by atoms with van der Waals surface area (Å²) in [4.78, 5) is 25.0. The molecule has 3 aromatic heterocycles. The van der Waals surface area contributed by atoms with Crippen molar-refractivity contribution in [3.63, 3.8) is 0 Å². The van der Waals surface area contributed by atoms with Gasteiger partial charge >= 0.3 is 0 Å². The van der Waals surface area contributed by atoms with Crippen molar-refractivity contribution in [1.82, 2.24) is 29.3 Å². The number of alkyl halides is 4. The maximum absolute atomic E-state index is 13.1. The predicted octanol–water partition coefficient (Wildman–Crippen LogP) is 2.42. The summed E-state index contributed by atoms with van der Waals surface area (Å²) in [6.07, 6.45) is -3.52. The van der Waals surface area contributed by atoms with E-state index in [0.717, 1.165) is 0 Å². The quantitative estimate of drug-likeness (QED) is 0.546. The van der Waals surface area contributed by atoms with Gasteiger partial charge in [-0.15, -0.1) is 0 Å². The lowest BCUT2D eigenvalue weighted by Crippen LogP contribution is -2.24. The average molecular weight is 442 g/mol. The number of amides is 2. The van der Waals surface area contributed by atoms with Crippen molar-refractivity contribution in [2.24, 2.45) is 14.1 Å². The molecule has 0 radical (unpaired) electrons. The zero-order valence-corrected chi connectivity index (χ0v) is 16.6. The zero-order valence-electron chi connectivity index (χ0n) is 16.6. The molecule has 0 bridgehead atoms. The van der Waals surface area contributed by atoms with E-state index in [1.165, 1.54) is 24.1 Å². The smallest absolute Gasteiger partial charge is 0.282 e. The van der Waals surface area contributed by atoms with Gasteiger partial charge in [0.2, 0.25) is 5.91 Å². The number of nitrogens with one attached hydrogen (secondary N) is 2. The number of carbonyl (C=O) groups is 2. The van der Waals surface area contributed by atoms with Crippen LogP contribution in [0.25, 0.3) is 0 Å². The highest BCUT2D eigenvalue weighted by Crippen LogP contribution is 2.25. The van der Waals surface area contributed by atoms with E-state index in [0.29, 0.717) is 22.1 Å². The van der Waals surface area contributed by atoms with E-state index in [1.807, 2.05) is 0 Å². The molecule has 0 aliphatic rings. The molecule has 31 heavy (non-hydrogen) atoms. The second kappa shape index (κ2) is 8.57.